The normalized spacial score (nSPS) is 32.7. The molecule has 1 aromatic heterocycles. The van der Waals surface area contributed by atoms with E-state index in [-0.39, 0.29) is 0 Å². The van der Waals surface area contributed by atoms with E-state index in [0.717, 1.165) is 11.2 Å². The van der Waals surface area contributed by atoms with Gasteiger partial charge < -0.3 is 4.42 Å². The van der Waals surface area contributed by atoms with Crippen molar-refractivity contribution in [3.63, 3.8) is 0 Å². The van der Waals surface area contributed by atoms with Crippen molar-refractivity contribution in [3.05, 3.63) is 47.5 Å². The fraction of sp³-hybridized carbons (Fsp3) is 0.455. The second-order valence-corrected chi connectivity index (χ2v) is 8.21. The smallest absolute Gasteiger partial charge is 0.135 e. The Morgan fingerprint density at radius 1 is 1.04 bits per heavy atom. The Bertz CT molecular complexity index is 930. The molecule has 2 atom stereocenters. The van der Waals surface area contributed by atoms with Crippen molar-refractivity contribution in [3.8, 4) is 0 Å². The summed E-state index contributed by atoms with van der Waals surface area (Å²) in [5, 5.41) is 2.52. The molecule has 1 unspecified atom stereocenters. The summed E-state index contributed by atoms with van der Waals surface area (Å²) in [5.74, 6) is 0.623. The molecule has 0 radical (unpaired) electrons. The Morgan fingerprint density at radius 2 is 1.79 bits per heavy atom. The monoisotopic (exact) mass is 319 g/mol. The minimum absolute atomic E-state index is 0.437. The van der Waals surface area contributed by atoms with Crippen molar-refractivity contribution in [2.45, 2.75) is 45.6 Å². The molecule has 0 aliphatic carbocycles. The largest absolute Gasteiger partial charge is 0.456 e. The van der Waals surface area contributed by atoms with Gasteiger partial charge in [0.25, 0.3) is 0 Å². The van der Waals surface area contributed by atoms with E-state index in [4.69, 9.17) is 4.42 Å². The first-order valence-corrected chi connectivity index (χ1v) is 9.23. The van der Waals surface area contributed by atoms with Gasteiger partial charge in [-0.2, -0.15) is 0 Å². The van der Waals surface area contributed by atoms with Crippen LogP contribution in [-0.2, 0) is 0 Å². The number of aryl methyl sites for hydroxylation is 1. The lowest BCUT2D eigenvalue weighted by molar-refractivity contribution is -0.0269. The maximum Gasteiger partial charge on any atom is 0.135 e. The number of furan rings is 1. The van der Waals surface area contributed by atoms with Crippen LogP contribution in [0.15, 0.2) is 40.8 Å². The van der Waals surface area contributed by atoms with Crippen LogP contribution in [-0.4, -0.2) is 24.0 Å². The molecule has 6 rings (SSSR count). The highest BCUT2D eigenvalue weighted by molar-refractivity contribution is 6.05. The molecular formula is C22H25NO. The molecule has 24 heavy (non-hydrogen) atoms. The Balaban J connectivity index is 1.74. The first-order valence-electron chi connectivity index (χ1n) is 9.23. The van der Waals surface area contributed by atoms with Crippen molar-refractivity contribution >= 4 is 21.9 Å². The Labute approximate surface area is 143 Å². The molecule has 0 saturated carbocycles. The van der Waals surface area contributed by atoms with Crippen molar-refractivity contribution < 1.29 is 4.42 Å². The highest BCUT2D eigenvalue weighted by atomic mass is 16.3. The van der Waals surface area contributed by atoms with Gasteiger partial charge in [-0.3, -0.25) is 4.90 Å². The number of benzene rings is 2. The number of piperidine rings is 3. The molecule has 2 heteroatoms. The van der Waals surface area contributed by atoms with E-state index in [2.05, 4.69) is 62.1 Å². The van der Waals surface area contributed by atoms with Gasteiger partial charge in [-0.05, 0) is 74.5 Å². The van der Waals surface area contributed by atoms with Crippen LogP contribution in [0.3, 0.4) is 0 Å². The van der Waals surface area contributed by atoms with E-state index in [1.807, 2.05) is 0 Å². The zero-order chi connectivity index (χ0) is 16.5. The lowest BCUT2D eigenvalue weighted by atomic mass is 9.60. The zero-order valence-electron chi connectivity index (χ0n) is 14.8. The first-order chi connectivity index (χ1) is 11.6. The van der Waals surface area contributed by atoms with Gasteiger partial charge in [0.15, 0.2) is 0 Å². The average Bonchev–Trinajstić information content (AvgIpc) is 2.92. The fourth-order valence-electron chi connectivity index (χ4n) is 5.41. The highest BCUT2D eigenvalue weighted by Crippen LogP contribution is 2.53. The molecule has 2 aromatic carbocycles. The number of nitrogens with zero attached hydrogens (tertiary/aromatic N) is 1. The molecule has 0 N–H and O–H groups in total. The second-order valence-electron chi connectivity index (χ2n) is 8.21. The van der Waals surface area contributed by atoms with Crippen LogP contribution in [0, 0.1) is 12.3 Å². The highest BCUT2D eigenvalue weighted by Gasteiger charge is 2.48. The molecule has 0 spiro atoms. The summed E-state index contributed by atoms with van der Waals surface area (Å²) >= 11 is 0. The predicted octanol–water partition coefficient (Wildman–Crippen LogP) is 5.48. The molecule has 0 amide bonds. The van der Waals surface area contributed by atoms with Gasteiger partial charge in [0.05, 0.1) is 0 Å². The van der Waals surface area contributed by atoms with Crippen LogP contribution in [0.2, 0.25) is 0 Å². The van der Waals surface area contributed by atoms with Gasteiger partial charge >= 0.3 is 0 Å². The van der Waals surface area contributed by atoms with Crippen molar-refractivity contribution in [1.82, 2.24) is 4.90 Å². The summed E-state index contributed by atoms with van der Waals surface area (Å²) in [4.78, 5) is 2.69. The van der Waals surface area contributed by atoms with Crippen LogP contribution in [0.4, 0.5) is 0 Å². The SMILES string of the molecule is Cc1cc2oc3ccccc3c2cc1C1[C@@H](C)N2CCC1(C)CC2. The van der Waals surface area contributed by atoms with E-state index in [0.29, 0.717) is 17.4 Å². The maximum absolute atomic E-state index is 6.08. The van der Waals surface area contributed by atoms with Crippen LogP contribution >= 0.6 is 0 Å². The van der Waals surface area contributed by atoms with Gasteiger partial charge in [0, 0.05) is 22.7 Å². The summed E-state index contributed by atoms with van der Waals surface area (Å²) in [6.45, 7) is 9.74. The van der Waals surface area contributed by atoms with E-state index in [1.165, 1.54) is 47.8 Å². The summed E-state index contributed by atoms with van der Waals surface area (Å²) in [7, 11) is 0. The maximum atomic E-state index is 6.08. The third-order valence-corrected chi connectivity index (χ3v) is 6.85. The number of hydrogen-bond acceptors (Lipinski definition) is 2. The summed E-state index contributed by atoms with van der Waals surface area (Å²) in [5.41, 5.74) is 5.38. The summed E-state index contributed by atoms with van der Waals surface area (Å²) in [6.07, 6.45) is 2.65. The zero-order valence-corrected chi connectivity index (χ0v) is 14.8. The van der Waals surface area contributed by atoms with Crippen LogP contribution in [0.1, 0.15) is 43.7 Å². The Hall–Kier alpha value is -1.80. The summed E-state index contributed by atoms with van der Waals surface area (Å²) < 4.78 is 6.08. The number of hydrogen-bond donors (Lipinski definition) is 0. The molecule has 4 heterocycles. The van der Waals surface area contributed by atoms with Crippen molar-refractivity contribution in [2.75, 3.05) is 13.1 Å². The van der Waals surface area contributed by atoms with Gasteiger partial charge in [0.2, 0.25) is 0 Å². The minimum atomic E-state index is 0.437. The number of para-hydroxylation sites is 1. The Morgan fingerprint density at radius 3 is 2.54 bits per heavy atom. The van der Waals surface area contributed by atoms with Gasteiger partial charge in [0.1, 0.15) is 11.2 Å². The van der Waals surface area contributed by atoms with Gasteiger partial charge in [-0.15, -0.1) is 0 Å². The minimum Gasteiger partial charge on any atom is -0.456 e. The van der Waals surface area contributed by atoms with E-state index in [9.17, 15) is 0 Å². The quantitative estimate of drug-likeness (QED) is 0.590. The Kier molecular flexibility index (Phi) is 2.94. The molecule has 3 saturated heterocycles. The standard InChI is InChI=1S/C22H25NO/c1-14-12-20-18(16-6-4-5-7-19(16)24-20)13-17(14)21-15(2)23-10-8-22(21,3)9-11-23/h4-7,12-13,15,21H,8-11H2,1-3H3/t15-,21?/m1/s1. The number of rotatable bonds is 1. The fourth-order valence-corrected chi connectivity index (χ4v) is 5.41. The molecule has 3 aromatic rings. The topological polar surface area (TPSA) is 16.4 Å². The van der Waals surface area contributed by atoms with Crippen molar-refractivity contribution in [2.24, 2.45) is 5.41 Å². The average molecular weight is 319 g/mol. The van der Waals surface area contributed by atoms with E-state index < -0.39 is 0 Å². The number of fused-ring (bicyclic) bond motifs is 6. The van der Waals surface area contributed by atoms with Crippen molar-refractivity contribution in [1.29, 1.82) is 0 Å². The summed E-state index contributed by atoms with van der Waals surface area (Å²) in [6, 6.07) is 13.7. The lowest BCUT2D eigenvalue weighted by Gasteiger charge is -2.56. The molecule has 2 bridgehead atoms. The first kappa shape index (κ1) is 14.5. The third-order valence-electron chi connectivity index (χ3n) is 6.85. The van der Waals surface area contributed by atoms with Gasteiger partial charge in [-0.25, -0.2) is 0 Å². The molecular weight excluding hydrogens is 294 g/mol. The van der Waals surface area contributed by atoms with Crippen LogP contribution < -0.4 is 0 Å². The third kappa shape index (κ3) is 1.86. The predicted molar refractivity (Wildman–Crippen MR) is 99.6 cm³/mol. The second kappa shape index (κ2) is 4.86. The molecule has 124 valence electrons. The van der Waals surface area contributed by atoms with Crippen LogP contribution in [0.5, 0.6) is 0 Å². The van der Waals surface area contributed by atoms with Crippen LogP contribution in [0.25, 0.3) is 21.9 Å². The lowest BCUT2D eigenvalue weighted by Crippen LogP contribution is -2.57. The molecule has 3 fully saturated rings. The molecule has 3 aliphatic heterocycles. The van der Waals surface area contributed by atoms with E-state index >= 15 is 0 Å². The van der Waals surface area contributed by atoms with Gasteiger partial charge in [-0.1, -0.05) is 25.1 Å². The molecule has 3 aliphatic rings. The molecule has 2 nitrogen and oxygen atoms in total. The van der Waals surface area contributed by atoms with E-state index in [1.54, 1.807) is 0 Å².